The molecule has 0 aromatic carbocycles. The molecule has 1 aromatic heterocycles. The number of aromatic nitrogens is 2. The third kappa shape index (κ3) is 3.08. The molecule has 0 bridgehead atoms. The summed E-state index contributed by atoms with van der Waals surface area (Å²) in [5.41, 5.74) is 0. The molecule has 0 fully saturated rings. The molecule has 0 aliphatic rings. The minimum Gasteiger partial charge on any atom is -0.373 e. The van der Waals surface area contributed by atoms with Gasteiger partial charge >= 0.3 is 0 Å². The Labute approximate surface area is 91.7 Å². The van der Waals surface area contributed by atoms with Crippen LogP contribution in [0, 0.1) is 0 Å². The number of anilines is 2. The van der Waals surface area contributed by atoms with E-state index in [0.717, 1.165) is 36.8 Å². The molecule has 0 aliphatic heterocycles. The molecular weight excluding hydrogens is 188 g/mol. The highest BCUT2D eigenvalue weighted by atomic mass is 15.2. The van der Waals surface area contributed by atoms with Crippen LogP contribution in [0.2, 0.25) is 0 Å². The Hall–Kier alpha value is -1.32. The summed E-state index contributed by atoms with van der Waals surface area (Å²) >= 11 is 0. The number of aryl methyl sites for hydroxylation is 1. The number of nitrogens with one attached hydrogen (secondary N) is 1. The maximum Gasteiger partial charge on any atom is 0.134 e. The Bertz CT molecular complexity index is 289. The molecule has 1 aromatic rings. The largest absolute Gasteiger partial charge is 0.373 e. The molecule has 0 unspecified atom stereocenters. The second-order valence-electron chi connectivity index (χ2n) is 3.55. The molecule has 15 heavy (non-hydrogen) atoms. The Balaban J connectivity index is 2.95. The average molecular weight is 208 g/mol. The van der Waals surface area contributed by atoms with Gasteiger partial charge in [-0.05, 0) is 6.42 Å². The van der Waals surface area contributed by atoms with Crippen molar-refractivity contribution in [1.29, 1.82) is 0 Å². The van der Waals surface area contributed by atoms with Crippen LogP contribution in [-0.2, 0) is 6.42 Å². The van der Waals surface area contributed by atoms with Crippen molar-refractivity contribution < 1.29 is 0 Å². The summed E-state index contributed by atoms with van der Waals surface area (Å²) in [7, 11) is 3.94. The molecule has 0 atom stereocenters. The minimum absolute atomic E-state index is 0.864. The molecule has 4 heteroatoms. The standard InChI is InChI=1S/C11H20N4/c1-5-7-15(4)11-8-10(12-3)13-9(6-2)14-11/h8H,5-7H2,1-4H3,(H,12,13,14). The topological polar surface area (TPSA) is 41.0 Å². The maximum atomic E-state index is 4.49. The summed E-state index contributed by atoms with van der Waals surface area (Å²) in [5, 5.41) is 3.06. The first-order chi connectivity index (χ1) is 7.21. The van der Waals surface area contributed by atoms with Gasteiger partial charge in [0.05, 0.1) is 0 Å². The van der Waals surface area contributed by atoms with E-state index in [9.17, 15) is 0 Å². The predicted octanol–water partition coefficient (Wildman–Crippen LogP) is 1.93. The summed E-state index contributed by atoms with van der Waals surface area (Å²) in [5.74, 6) is 2.77. The summed E-state index contributed by atoms with van der Waals surface area (Å²) < 4.78 is 0. The molecule has 0 spiro atoms. The van der Waals surface area contributed by atoms with E-state index in [2.05, 4.69) is 41.1 Å². The van der Waals surface area contributed by atoms with E-state index in [-0.39, 0.29) is 0 Å². The third-order valence-corrected chi connectivity index (χ3v) is 2.28. The second kappa shape index (κ2) is 5.53. The molecule has 0 saturated carbocycles. The molecule has 84 valence electrons. The first-order valence-corrected chi connectivity index (χ1v) is 5.48. The van der Waals surface area contributed by atoms with Crippen LogP contribution >= 0.6 is 0 Å². The second-order valence-corrected chi connectivity index (χ2v) is 3.55. The van der Waals surface area contributed by atoms with Crippen LogP contribution in [0.1, 0.15) is 26.1 Å². The lowest BCUT2D eigenvalue weighted by Gasteiger charge is -2.18. The van der Waals surface area contributed by atoms with Gasteiger partial charge < -0.3 is 10.2 Å². The van der Waals surface area contributed by atoms with Crippen LogP contribution in [0.25, 0.3) is 0 Å². The Morgan fingerprint density at radius 3 is 2.60 bits per heavy atom. The van der Waals surface area contributed by atoms with E-state index < -0.39 is 0 Å². The van der Waals surface area contributed by atoms with Crippen molar-refractivity contribution in [1.82, 2.24) is 9.97 Å². The molecule has 0 radical (unpaired) electrons. The fraction of sp³-hybridized carbons (Fsp3) is 0.636. The average Bonchev–Trinajstić information content (AvgIpc) is 2.28. The Morgan fingerprint density at radius 1 is 1.33 bits per heavy atom. The first kappa shape index (κ1) is 11.8. The molecule has 0 aliphatic carbocycles. The monoisotopic (exact) mass is 208 g/mol. The van der Waals surface area contributed by atoms with Gasteiger partial charge in [0.1, 0.15) is 17.5 Å². The predicted molar refractivity (Wildman–Crippen MR) is 64.5 cm³/mol. The summed E-state index contributed by atoms with van der Waals surface area (Å²) in [6, 6.07) is 1.98. The van der Waals surface area contributed by atoms with Crippen LogP contribution in [0.5, 0.6) is 0 Å². The SMILES string of the molecule is CCCN(C)c1cc(NC)nc(CC)n1. The molecule has 1 rings (SSSR count). The van der Waals surface area contributed by atoms with Crippen molar-refractivity contribution in [2.45, 2.75) is 26.7 Å². The fourth-order valence-electron chi connectivity index (χ4n) is 1.41. The zero-order valence-electron chi connectivity index (χ0n) is 10.0. The van der Waals surface area contributed by atoms with E-state index in [1.807, 2.05) is 13.1 Å². The number of rotatable bonds is 5. The van der Waals surface area contributed by atoms with Gasteiger partial charge in [-0.15, -0.1) is 0 Å². The van der Waals surface area contributed by atoms with Crippen LogP contribution in [0.15, 0.2) is 6.07 Å². The van der Waals surface area contributed by atoms with Gasteiger partial charge in [-0.3, -0.25) is 0 Å². The Kier molecular flexibility index (Phi) is 4.34. The van der Waals surface area contributed by atoms with Crippen molar-refractivity contribution in [2.24, 2.45) is 0 Å². The van der Waals surface area contributed by atoms with Crippen LogP contribution in [-0.4, -0.2) is 30.6 Å². The van der Waals surface area contributed by atoms with E-state index in [1.165, 1.54) is 0 Å². The number of hydrogen-bond acceptors (Lipinski definition) is 4. The van der Waals surface area contributed by atoms with E-state index in [0.29, 0.717) is 0 Å². The summed E-state index contributed by atoms with van der Waals surface area (Å²) in [4.78, 5) is 11.0. The fourth-order valence-corrected chi connectivity index (χ4v) is 1.41. The van der Waals surface area contributed by atoms with Crippen molar-refractivity contribution >= 4 is 11.6 Å². The lowest BCUT2D eigenvalue weighted by molar-refractivity contribution is 0.821. The van der Waals surface area contributed by atoms with Gasteiger partial charge in [-0.25, -0.2) is 9.97 Å². The van der Waals surface area contributed by atoms with Gasteiger partial charge in [0.25, 0.3) is 0 Å². The van der Waals surface area contributed by atoms with Crippen molar-refractivity contribution in [3.8, 4) is 0 Å². The van der Waals surface area contributed by atoms with Gasteiger partial charge in [-0.1, -0.05) is 13.8 Å². The molecular formula is C11H20N4. The molecule has 0 saturated heterocycles. The van der Waals surface area contributed by atoms with Crippen LogP contribution in [0.4, 0.5) is 11.6 Å². The van der Waals surface area contributed by atoms with Gasteiger partial charge in [-0.2, -0.15) is 0 Å². The Morgan fingerprint density at radius 2 is 2.07 bits per heavy atom. The highest BCUT2D eigenvalue weighted by molar-refractivity contribution is 5.48. The highest BCUT2D eigenvalue weighted by Crippen LogP contribution is 2.14. The highest BCUT2D eigenvalue weighted by Gasteiger charge is 2.05. The lowest BCUT2D eigenvalue weighted by atomic mass is 10.4. The zero-order chi connectivity index (χ0) is 11.3. The van der Waals surface area contributed by atoms with Gasteiger partial charge in [0.15, 0.2) is 0 Å². The smallest absolute Gasteiger partial charge is 0.134 e. The summed E-state index contributed by atoms with van der Waals surface area (Å²) in [6.07, 6.45) is 1.99. The van der Waals surface area contributed by atoms with E-state index in [1.54, 1.807) is 0 Å². The maximum absolute atomic E-state index is 4.49. The summed E-state index contributed by atoms with van der Waals surface area (Å²) in [6.45, 7) is 5.25. The number of nitrogens with zero attached hydrogens (tertiary/aromatic N) is 3. The quantitative estimate of drug-likeness (QED) is 0.802. The van der Waals surface area contributed by atoms with E-state index in [4.69, 9.17) is 0 Å². The van der Waals surface area contributed by atoms with E-state index >= 15 is 0 Å². The molecule has 0 amide bonds. The van der Waals surface area contributed by atoms with Crippen LogP contribution in [0.3, 0.4) is 0 Å². The normalized spacial score (nSPS) is 10.1. The van der Waals surface area contributed by atoms with Crippen LogP contribution < -0.4 is 10.2 Å². The zero-order valence-corrected chi connectivity index (χ0v) is 10.0. The van der Waals surface area contributed by atoms with Gasteiger partial charge in [0.2, 0.25) is 0 Å². The van der Waals surface area contributed by atoms with Crippen molar-refractivity contribution in [3.05, 3.63) is 11.9 Å². The minimum atomic E-state index is 0.864. The third-order valence-electron chi connectivity index (χ3n) is 2.28. The van der Waals surface area contributed by atoms with Crippen molar-refractivity contribution in [3.63, 3.8) is 0 Å². The first-order valence-electron chi connectivity index (χ1n) is 5.48. The number of hydrogen-bond donors (Lipinski definition) is 1. The van der Waals surface area contributed by atoms with Gasteiger partial charge in [0, 0.05) is 33.1 Å². The van der Waals surface area contributed by atoms with Crippen molar-refractivity contribution in [2.75, 3.05) is 30.9 Å². The molecule has 1 heterocycles. The molecule has 1 N–H and O–H groups in total. The lowest BCUT2D eigenvalue weighted by Crippen LogP contribution is -2.20. The molecule has 4 nitrogen and oxygen atoms in total.